The Balaban J connectivity index is 1.69. The number of nitrogens with zero attached hydrogens (tertiary/aromatic N) is 3. The van der Waals surface area contributed by atoms with E-state index >= 15 is 0 Å². The van der Waals surface area contributed by atoms with Crippen LogP contribution < -0.4 is 19.1 Å². The Kier molecular flexibility index (Phi) is 7.07. The second kappa shape index (κ2) is 9.55. The van der Waals surface area contributed by atoms with Gasteiger partial charge < -0.3 is 28.9 Å². The third-order valence-corrected chi connectivity index (χ3v) is 5.98. The van der Waals surface area contributed by atoms with Gasteiger partial charge in [-0.1, -0.05) is 0 Å². The highest BCUT2D eigenvalue weighted by Gasteiger charge is 2.38. The number of amides is 2. The maximum absolute atomic E-state index is 13.1. The van der Waals surface area contributed by atoms with Gasteiger partial charge in [-0.3, -0.25) is 9.59 Å². The summed E-state index contributed by atoms with van der Waals surface area (Å²) in [7, 11) is 8.79. The topological polar surface area (TPSA) is 71.6 Å². The van der Waals surface area contributed by atoms with E-state index in [9.17, 15) is 9.59 Å². The van der Waals surface area contributed by atoms with Crippen LogP contribution in [-0.4, -0.2) is 83.2 Å². The normalized spacial score (nSPS) is 20.1. The first-order valence-corrected chi connectivity index (χ1v) is 10.4. The molecular weight excluding hydrogens is 386 g/mol. The van der Waals surface area contributed by atoms with Crippen molar-refractivity contribution in [3.05, 3.63) is 12.1 Å². The summed E-state index contributed by atoms with van der Waals surface area (Å²) in [4.78, 5) is 31.6. The maximum Gasteiger partial charge on any atom is 0.228 e. The molecule has 0 saturated carbocycles. The SMILES string of the molecule is COc1cc(N2CC(C(=O)N3CCC(CN(C)C)CC3)CC2=O)cc(OC)c1OC. The van der Waals surface area contributed by atoms with Gasteiger partial charge >= 0.3 is 0 Å². The zero-order valence-electron chi connectivity index (χ0n) is 18.6. The van der Waals surface area contributed by atoms with E-state index in [1.807, 2.05) is 4.90 Å². The van der Waals surface area contributed by atoms with Gasteiger partial charge in [-0.15, -0.1) is 0 Å². The lowest BCUT2D eigenvalue weighted by molar-refractivity contribution is -0.137. The minimum Gasteiger partial charge on any atom is -0.493 e. The molecule has 8 heteroatoms. The quantitative estimate of drug-likeness (QED) is 0.672. The van der Waals surface area contributed by atoms with Crippen molar-refractivity contribution in [2.24, 2.45) is 11.8 Å². The fourth-order valence-corrected chi connectivity index (χ4v) is 4.46. The van der Waals surface area contributed by atoms with Gasteiger partial charge in [0, 0.05) is 44.7 Å². The first-order chi connectivity index (χ1) is 14.4. The maximum atomic E-state index is 13.1. The first kappa shape index (κ1) is 22.2. The second-order valence-corrected chi connectivity index (χ2v) is 8.32. The van der Waals surface area contributed by atoms with E-state index in [1.165, 1.54) is 7.11 Å². The molecule has 0 aromatic heterocycles. The van der Waals surface area contributed by atoms with Crippen molar-refractivity contribution < 1.29 is 23.8 Å². The summed E-state index contributed by atoms with van der Waals surface area (Å²) in [5.74, 6) is 1.78. The molecule has 0 aliphatic carbocycles. The number of likely N-dealkylation sites (tertiary alicyclic amines) is 1. The minimum atomic E-state index is -0.318. The molecule has 2 fully saturated rings. The molecule has 1 atom stereocenters. The highest BCUT2D eigenvalue weighted by atomic mass is 16.5. The van der Waals surface area contributed by atoms with Gasteiger partial charge in [0.15, 0.2) is 11.5 Å². The summed E-state index contributed by atoms with van der Waals surface area (Å²) in [6.45, 7) is 2.96. The number of anilines is 1. The number of piperidine rings is 1. The van der Waals surface area contributed by atoms with Gasteiger partial charge in [0.2, 0.25) is 17.6 Å². The van der Waals surface area contributed by atoms with Crippen molar-refractivity contribution >= 4 is 17.5 Å². The minimum absolute atomic E-state index is 0.0647. The van der Waals surface area contributed by atoms with Gasteiger partial charge in [0.25, 0.3) is 0 Å². The number of ether oxygens (including phenoxy) is 3. The highest BCUT2D eigenvalue weighted by Crippen LogP contribution is 2.42. The van der Waals surface area contributed by atoms with Crippen molar-refractivity contribution in [2.45, 2.75) is 19.3 Å². The van der Waals surface area contributed by atoms with Gasteiger partial charge in [0.1, 0.15) is 0 Å². The van der Waals surface area contributed by atoms with E-state index in [0.29, 0.717) is 35.4 Å². The molecule has 0 N–H and O–H groups in total. The third kappa shape index (κ3) is 4.64. The zero-order valence-corrected chi connectivity index (χ0v) is 18.6. The molecular formula is C22H33N3O5. The zero-order chi connectivity index (χ0) is 21.8. The average molecular weight is 420 g/mol. The van der Waals surface area contributed by atoms with Crippen LogP contribution in [0.4, 0.5) is 5.69 Å². The van der Waals surface area contributed by atoms with Crippen molar-refractivity contribution in [1.29, 1.82) is 0 Å². The van der Waals surface area contributed by atoms with Crippen LogP contribution in [0.25, 0.3) is 0 Å². The van der Waals surface area contributed by atoms with Crippen molar-refractivity contribution in [3.63, 3.8) is 0 Å². The highest BCUT2D eigenvalue weighted by molar-refractivity contribution is 6.00. The van der Waals surface area contributed by atoms with Crippen LogP contribution >= 0.6 is 0 Å². The van der Waals surface area contributed by atoms with E-state index in [0.717, 1.165) is 32.5 Å². The lowest BCUT2D eigenvalue weighted by Gasteiger charge is -2.34. The summed E-state index contributed by atoms with van der Waals surface area (Å²) in [5, 5.41) is 0. The molecule has 3 rings (SSSR count). The van der Waals surface area contributed by atoms with E-state index in [-0.39, 0.29) is 24.2 Å². The van der Waals surface area contributed by atoms with Crippen LogP contribution in [0.1, 0.15) is 19.3 Å². The molecule has 2 aliphatic rings. The van der Waals surface area contributed by atoms with E-state index in [4.69, 9.17) is 14.2 Å². The van der Waals surface area contributed by atoms with Crippen molar-refractivity contribution in [1.82, 2.24) is 9.80 Å². The molecule has 1 aromatic rings. The standard InChI is InChI=1S/C22H33N3O5/c1-23(2)13-15-6-8-24(9-7-15)22(27)16-10-20(26)25(14-16)17-11-18(28-3)21(30-5)19(12-17)29-4/h11-12,15-16H,6-10,13-14H2,1-5H3. The summed E-state index contributed by atoms with van der Waals surface area (Å²) >= 11 is 0. The van der Waals surface area contributed by atoms with E-state index in [2.05, 4.69) is 19.0 Å². The van der Waals surface area contributed by atoms with Gasteiger partial charge in [-0.2, -0.15) is 0 Å². The van der Waals surface area contributed by atoms with Crippen LogP contribution in [0.2, 0.25) is 0 Å². The number of methoxy groups -OCH3 is 3. The van der Waals surface area contributed by atoms with Crippen LogP contribution in [-0.2, 0) is 9.59 Å². The molecule has 0 bridgehead atoms. The summed E-state index contributed by atoms with van der Waals surface area (Å²) in [6, 6.07) is 3.50. The average Bonchev–Trinajstić information content (AvgIpc) is 3.13. The van der Waals surface area contributed by atoms with Crippen molar-refractivity contribution in [3.8, 4) is 17.2 Å². The molecule has 0 spiro atoms. The number of hydrogen-bond acceptors (Lipinski definition) is 6. The molecule has 2 amide bonds. The smallest absolute Gasteiger partial charge is 0.228 e. The van der Waals surface area contributed by atoms with Crippen molar-refractivity contribution in [2.75, 3.05) is 66.5 Å². The van der Waals surface area contributed by atoms with Gasteiger partial charge in [-0.25, -0.2) is 0 Å². The molecule has 1 unspecified atom stereocenters. The molecule has 1 aromatic carbocycles. The van der Waals surface area contributed by atoms with Gasteiger partial charge in [0.05, 0.1) is 32.9 Å². The Morgan fingerprint density at radius 2 is 1.67 bits per heavy atom. The predicted octanol–water partition coefficient (Wildman–Crippen LogP) is 1.87. The lowest BCUT2D eigenvalue weighted by Crippen LogP contribution is -2.43. The Bertz CT molecular complexity index is 749. The molecule has 2 heterocycles. The molecule has 30 heavy (non-hydrogen) atoms. The Morgan fingerprint density at radius 3 is 2.17 bits per heavy atom. The largest absolute Gasteiger partial charge is 0.493 e. The number of hydrogen-bond donors (Lipinski definition) is 0. The number of rotatable bonds is 7. The first-order valence-electron chi connectivity index (χ1n) is 10.4. The predicted molar refractivity (Wildman–Crippen MR) is 114 cm³/mol. The lowest BCUT2D eigenvalue weighted by atomic mass is 9.95. The molecule has 0 radical (unpaired) electrons. The van der Waals surface area contributed by atoms with E-state index < -0.39 is 0 Å². The van der Waals surface area contributed by atoms with Gasteiger partial charge in [-0.05, 0) is 32.9 Å². The third-order valence-electron chi connectivity index (χ3n) is 5.98. The fraction of sp³-hybridized carbons (Fsp3) is 0.636. The van der Waals surface area contributed by atoms with E-state index in [1.54, 1.807) is 31.3 Å². The Labute approximate surface area is 178 Å². The van der Waals surface area contributed by atoms with Crippen LogP contribution in [0.5, 0.6) is 17.2 Å². The molecule has 2 saturated heterocycles. The van der Waals surface area contributed by atoms with Crippen LogP contribution in [0.15, 0.2) is 12.1 Å². The summed E-state index contributed by atoms with van der Waals surface area (Å²) in [6.07, 6.45) is 2.26. The molecule has 2 aliphatic heterocycles. The van der Waals surface area contributed by atoms with Crippen LogP contribution in [0, 0.1) is 11.8 Å². The monoisotopic (exact) mass is 419 g/mol. The Morgan fingerprint density at radius 1 is 1.07 bits per heavy atom. The number of benzene rings is 1. The second-order valence-electron chi connectivity index (χ2n) is 8.32. The van der Waals surface area contributed by atoms with Crippen LogP contribution in [0.3, 0.4) is 0 Å². The molecule has 8 nitrogen and oxygen atoms in total. The number of carbonyl (C=O) groups excluding carboxylic acids is 2. The summed E-state index contributed by atoms with van der Waals surface area (Å²) < 4.78 is 16.2. The Hall–Kier alpha value is -2.48. The molecule has 166 valence electrons. The summed E-state index contributed by atoms with van der Waals surface area (Å²) in [5.41, 5.74) is 0.648. The number of carbonyl (C=O) groups is 2. The fourth-order valence-electron chi connectivity index (χ4n) is 4.46.